The highest BCUT2D eigenvalue weighted by molar-refractivity contribution is 5.79. The van der Waals surface area contributed by atoms with Gasteiger partial charge in [-0.15, -0.1) is 0 Å². The van der Waals surface area contributed by atoms with Crippen molar-refractivity contribution in [2.24, 2.45) is 46.3 Å². The van der Waals surface area contributed by atoms with Gasteiger partial charge in [0.15, 0.2) is 0 Å². The summed E-state index contributed by atoms with van der Waals surface area (Å²) >= 11 is 0. The molecule has 0 spiro atoms. The van der Waals surface area contributed by atoms with Crippen molar-refractivity contribution >= 4 is 17.7 Å². The maximum absolute atomic E-state index is 12.3. The van der Waals surface area contributed by atoms with Gasteiger partial charge in [-0.25, -0.2) is 0 Å². The normalized spacial score (nSPS) is 43.7. The van der Waals surface area contributed by atoms with Gasteiger partial charge in [0.2, 0.25) is 0 Å². The lowest BCUT2D eigenvalue weighted by atomic mass is 9.43. The van der Waals surface area contributed by atoms with Gasteiger partial charge in [-0.1, -0.05) is 20.8 Å². The number of rotatable bonds is 6. The molecule has 0 bridgehead atoms. The quantitative estimate of drug-likeness (QED) is 0.521. The minimum atomic E-state index is -0.433. The van der Waals surface area contributed by atoms with Gasteiger partial charge in [0, 0.05) is 32.1 Å². The van der Waals surface area contributed by atoms with E-state index >= 15 is 0 Å². The van der Waals surface area contributed by atoms with Crippen LogP contribution >= 0.6 is 0 Å². The van der Waals surface area contributed by atoms with Gasteiger partial charge in [0.25, 0.3) is 0 Å². The molecule has 35 heavy (non-hydrogen) atoms. The van der Waals surface area contributed by atoms with Gasteiger partial charge < -0.3 is 14.6 Å². The third kappa shape index (κ3) is 4.69. The topological polar surface area (TPSA) is 89.9 Å². The molecular weight excluding hydrogens is 444 g/mol. The van der Waals surface area contributed by atoms with Crippen LogP contribution in [-0.4, -0.2) is 41.1 Å². The molecule has 0 radical (unpaired) electrons. The summed E-state index contributed by atoms with van der Waals surface area (Å²) < 4.78 is 11.3. The predicted molar refractivity (Wildman–Crippen MR) is 132 cm³/mol. The van der Waals surface area contributed by atoms with E-state index in [4.69, 9.17) is 9.47 Å². The lowest BCUT2D eigenvalue weighted by molar-refractivity contribution is -0.211. The highest BCUT2D eigenvalue weighted by Crippen LogP contribution is 2.68. The minimum absolute atomic E-state index is 0.00183. The number of hydrogen-bond acceptors (Lipinski definition) is 6. The molecule has 6 heteroatoms. The number of Topliss-reactive ketones (excluding diaryl/α,β-unsaturated/α-hetero) is 1. The lowest BCUT2D eigenvalue weighted by Crippen LogP contribution is -2.62. The van der Waals surface area contributed by atoms with Crippen LogP contribution in [0.1, 0.15) is 99.3 Å². The van der Waals surface area contributed by atoms with Crippen LogP contribution in [-0.2, 0) is 23.9 Å². The van der Waals surface area contributed by atoms with E-state index in [1.807, 2.05) is 13.8 Å². The summed E-state index contributed by atoms with van der Waals surface area (Å²) in [5.74, 6) is 1.47. The molecule has 0 aromatic carbocycles. The summed E-state index contributed by atoms with van der Waals surface area (Å²) in [7, 11) is 0. The average molecular weight is 491 g/mol. The van der Waals surface area contributed by atoms with Crippen LogP contribution in [0.3, 0.4) is 0 Å². The predicted octanol–water partition coefficient (Wildman–Crippen LogP) is 5.09. The Morgan fingerprint density at radius 1 is 1.11 bits per heavy atom. The third-order valence-corrected chi connectivity index (χ3v) is 10.8. The molecule has 0 aromatic heterocycles. The molecule has 0 amide bonds. The number of aliphatic hydroxyl groups excluding tert-OH is 1. The van der Waals surface area contributed by atoms with Crippen molar-refractivity contribution in [3.05, 3.63) is 0 Å². The van der Waals surface area contributed by atoms with E-state index in [-0.39, 0.29) is 58.6 Å². The fourth-order valence-electron chi connectivity index (χ4n) is 9.12. The first-order valence-electron chi connectivity index (χ1n) is 13.9. The Labute approximate surface area is 210 Å². The van der Waals surface area contributed by atoms with E-state index in [2.05, 4.69) is 20.8 Å². The van der Waals surface area contributed by atoms with Gasteiger partial charge in [-0.05, 0) is 92.8 Å². The molecular formula is C29H46O6. The first kappa shape index (κ1) is 26.6. The first-order valence-corrected chi connectivity index (χ1v) is 13.9. The highest BCUT2D eigenvalue weighted by Gasteiger charge is 2.66. The first-order chi connectivity index (χ1) is 16.4. The van der Waals surface area contributed by atoms with E-state index in [1.54, 1.807) is 0 Å². The molecule has 0 saturated heterocycles. The van der Waals surface area contributed by atoms with Crippen LogP contribution in [0.4, 0.5) is 0 Å². The standard InChI is InChI=1S/C29H46O6/c1-16(2)34-26(33)10-7-17(3)21-8-9-22-27-23(15-25(32)29(21,22)6)28(5)12-11-20(31)13-19(28)14-24(27)35-18(4)30/h16-17,19,21-25,27,32H,7-15H2,1-6H3/t17-,19+,21-,22+,23?,24-,25+,27?,28+,29-/m1/s1. The Kier molecular flexibility index (Phi) is 7.45. The van der Waals surface area contributed by atoms with E-state index in [9.17, 15) is 19.5 Å². The van der Waals surface area contributed by atoms with E-state index in [0.717, 1.165) is 32.1 Å². The lowest BCUT2D eigenvalue weighted by Gasteiger charge is -2.63. The van der Waals surface area contributed by atoms with Crippen LogP contribution in [0.2, 0.25) is 0 Å². The fourth-order valence-corrected chi connectivity index (χ4v) is 9.12. The van der Waals surface area contributed by atoms with Gasteiger partial charge in [-0.3, -0.25) is 14.4 Å². The zero-order valence-corrected chi connectivity index (χ0v) is 22.5. The molecule has 0 heterocycles. The summed E-state index contributed by atoms with van der Waals surface area (Å²) in [5, 5.41) is 11.8. The van der Waals surface area contributed by atoms with Crippen LogP contribution in [0, 0.1) is 46.3 Å². The van der Waals surface area contributed by atoms with Crippen molar-refractivity contribution < 1.29 is 29.0 Å². The molecule has 4 aliphatic rings. The van der Waals surface area contributed by atoms with Gasteiger partial charge in [0.1, 0.15) is 11.9 Å². The highest BCUT2D eigenvalue weighted by atomic mass is 16.5. The summed E-state index contributed by atoms with van der Waals surface area (Å²) in [6.45, 7) is 12.0. The van der Waals surface area contributed by atoms with Crippen LogP contribution in [0.15, 0.2) is 0 Å². The number of ketones is 1. The van der Waals surface area contributed by atoms with Crippen molar-refractivity contribution in [3.8, 4) is 0 Å². The van der Waals surface area contributed by atoms with Gasteiger partial charge in [-0.2, -0.15) is 0 Å². The number of hydrogen-bond donors (Lipinski definition) is 1. The molecule has 4 rings (SSSR count). The molecule has 1 N–H and O–H groups in total. The Morgan fingerprint density at radius 2 is 1.83 bits per heavy atom. The van der Waals surface area contributed by atoms with Crippen molar-refractivity contribution in [1.29, 1.82) is 0 Å². The van der Waals surface area contributed by atoms with Crippen molar-refractivity contribution in [1.82, 2.24) is 0 Å². The SMILES string of the molecule is CC(=O)O[C@@H]1C[C@@H]2CC(=O)CC[C@]2(C)C2C[C@H](O)[C@]3(C)[C@@H]([C@H](C)CCC(=O)OC(C)C)CC[C@H]3C21. The number of carbonyl (C=O) groups excluding carboxylic acids is 3. The number of ether oxygens (including phenoxy) is 2. The number of fused-ring (bicyclic) bond motifs is 5. The molecule has 6 nitrogen and oxygen atoms in total. The van der Waals surface area contributed by atoms with Crippen molar-refractivity contribution in [2.75, 3.05) is 0 Å². The Morgan fingerprint density at radius 3 is 2.49 bits per heavy atom. The van der Waals surface area contributed by atoms with Gasteiger partial charge in [0.05, 0.1) is 12.2 Å². The summed E-state index contributed by atoms with van der Waals surface area (Å²) in [6, 6.07) is 0. The van der Waals surface area contributed by atoms with E-state index in [0.29, 0.717) is 43.3 Å². The largest absolute Gasteiger partial charge is 0.463 e. The van der Waals surface area contributed by atoms with E-state index < -0.39 is 6.10 Å². The second-order valence-electron chi connectivity index (χ2n) is 13.0. The Bertz CT molecular complexity index is 837. The maximum atomic E-state index is 12.3. The second-order valence-corrected chi connectivity index (χ2v) is 13.0. The second kappa shape index (κ2) is 9.79. The molecule has 198 valence electrons. The molecule has 0 aromatic rings. The smallest absolute Gasteiger partial charge is 0.306 e. The Hall–Kier alpha value is -1.43. The average Bonchev–Trinajstić information content (AvgIpc) is 3.11. The maximum Gasteiger partial charge on any atom is 0.306 e. The van der Waals surface area contributed by atoms with Crippen LogP contribution in [0.25, 0.3) is 0 Å². The third-order valence-electron chi connectivity index (χ3n) is 10.8. The number of esters is 2. The molecule has 2 unspecified atom stereocenters. The molecule has 10 atom stereocenters. The van der Waals surface area contributed by atoms with Crippen molar-refractivity contribution in [2.45, 2.75) is 118 Å². The zero-order chi connectivity index (χ0) is 25.7. The summed E-state index contributed by atoms with van der Waals surface area (Å²) in [5.41, 5.74) is -0.267. The molecule has 4 aliphatic carbocycles. The minimum Gasteiger partial charge on any atom is -0.463 e. The molecule has 4 saturated carbocycles. The number of aliphatic hydroxyl groups is 1. The van der Waals surface area contributed by atoms with Gasteiger partial charge >= 0.3 is 11.9 Å². The molecule has 0 aliphatic heterocycles. The van der Waals surface area contributed by atoms with Crippen molar-refractivity contribution in [3.63, 3.8) is 0 Å². The summed E-state index contributed by atoms with van der Waals surface area (Å²) in [4.78, 5) is 36.7. The summed E-state index contributed by atoms with van der Waals surface area (Å²) in [6.07, 6.45) is 6.00. The molecule has 4 fully saturated rings. The Balaban J connectivity index is 1.59. The van der Waals surface area contributed by atoms with E-state index in [1.165, 1.54) is 6.92 Å². The fraction of sp³-hybridized carbons (Fsp3) is 0.897. The van der Waals surface area contributed by atoms with Crippen LogP contribution < -0.4 is 0 Å². The zero-order valence-electron chi connectivity index (χ0n) is 22.5. The monoisotopic (exact) mass is 490 g/mol. The van der Waals surface area contributed by atoms with Crippen LogP contribution in [0.5, 0.6) is 0 Å². The number of carbonyl (C=O) groups is 3.